The molecule has 9 nitrogen and oxygen atoms in total. The molecule has 0 aliphatic carbocycles. The number of pyridine rings is 1. The maximum atomic E-state index is 13.3. The summed E-state index contributed by atoms with van der Waals surface area (Å²) in [6.45, 7) is 2.19. The number of rotatable bonds is 4. The molecule has 9 heteroatoms. The van der Waals surface area contributed by atoms with Crippen molar-refractivity contribution in [3.05, 3.63) is 83.7 Å². The first-order valence-electron chi connectivity index (χ1n) is 10.9. The van der Waals surface area contributed by atoms with E-state index in [2.05, 4.69) is 10.3 Å². The number of aliphatic hydroxyl groups excluding tert-OH is 1. The van der Waals surface area contributed by atoms with Crippen molar-refractivity contribution in [2.75, 3.05) is 23.4 Å². The van der Waals surface area contributed by atoms with Crippen LogP contribution in [0.2, 0.25) is 0 Å². The SMILES string of the molecule is CC(=O)Nc1ccc(N2C(=O)C(=O)/C(=C(\O)c3ccc4c(c3)OCCO4)C2c2ccncc2)cc1. The molecule has 2 N–H and O–H groups in total. The van der Waals surface area contributed by atoms with Crippen LogP contribution in [0.1, 0.15) is 24.1 Å². The van der Waals surface area contributed by atoms with Gasteiger partial charge >= 0.3 is 0 Å². The Hall–Kier alpha value is -4.66. The number of fused-ring (bicyclic) bond motifs is 1. The van der Waals surface area contributed by atoms with E-state index in [-0.39, 0.29) is 17.2 Å². The van der Waals surface area contributed by atoms with Crippen LogP contribution in [-0.2, 0) is 14.4 Å². The first-order valence-corrected chi connectivity index (χ1v) is 10.9. The standard InChI is InChI=1S/C26H21N3O6/c1-15(30)28-18-3-5-19(6-4-18)29-23(16-8-10-27-11-9-16)22(25(32)26(29)33)24(31)17-2-7-20-21(14-17)35-13-12-34-20/h2-11,14,23,31H,12-13H2,1H3,(H,28,30)/b24-22-. The molecule has 1 saturated heterocycles. The molecule has 3 heterocycles. The average Bonchev–Trinajstić information content (AvgIpc) is 3.14. The molecule has 1 atom stereocenters. The van der Waals surface area contributed by atoms with Gasteiger partial charge in [-0.25, -0.2) is 0 Å². The monoisotopic (exact) mass is 471 g/mol. The van der Waals surface area contributed by atoms with Crippen molar-refractivity contribution in [3.63, 3.8) is 0 Å². The van der Waals surface area contributed by atoms with Crippen molar-refractivity contribution < 1.29 is 29.0 Å². The third-order valence-electron chi connectivity index (χ3n) is 5.75. The number of ether oxygens (including phenoxy) is 2. The number of aliphatic hydroxyl groups is 1. The summed E-state index contributed by atoms with van der Waals surface area (Å²) in [4.78, 5) is 43.2. The predicted octanol–water partition coefficient (Wildman–Crippen LogP) is 3.44. The first kappa shape index (κ1) is 22.1. The number of benzene rings is 2. The Bertz CT molecular complexity index is 1350. The lowest BCUT2D eigenvalue weighted by Crippen LogP contribution is -2.29. The Morgan fingerprint density at radius 1 is 1.00 bits per heavy atom. The van der Waals surface area contributed by atoms with Crippen molar-refractivity contribution in [2.45, 2.75) is 13.0 Å². The normalized spacial score (nSPS) is 18.4. The maximum absolute atomic E-state index is 13.3. The number of nitrogens with one attached hydrogen (secondary N) is 1. The van der Waals surface area contributed by atoms with E-state index in [1.165, 1.54) is 11.8 Å². The molecular formula is C26H21N3O6. The molecule has 2 aromatic carbocycles. The van der Waals surface area contributed by atoms with Crippen LogP contribution in [0.5, 0.6) is 11.5 Å². The number of anilines is 2. The van der Waals surface area contributed by atoms with Gasteiger partial charge in [0, 0.05) is 36.3 Å². The molecule has 1 unspecified atom stereocenters. The summed E-state index contributed by atoms with van der Waals surface area (Å²) >= 11 is 0. The van der Waals surface area contributed by atoms with E-state index in [1.54, 1.807) is 67.0 Å². The number of carbonyl (C=O) groups excluding carboxylic acids is 3. The first-order chi connectivity index (χ1) is 16.9. The van der Waals surface area contributed by atoms with Crippen LogP contribution >= 0.6 is 0 Å². The number of Topliss-reactive ketones (excluding diaryl/α,β-unsaturated/α-hetero) is 1. The van der Waals surface area contributed by atoms with E-state index >= 15 is 0 Å². The minimum atomic E-state index is -0.891. The Labute approximate surface area is 200 Å². The molecular weight excluding hydrogens is 450 g/mol. The molecule has 2 aliphatic rings. The van der Waals surface area contributed by atoms with E-state index < -0.39 is 17.7 Å². The average molecular weight is 471 g/mol. The number of carbonyl (C=O) groups is 3. The third kappa shape index (κ3) is 4.08. The second-order valence-corrected chi connectivity index (χ2v) is 8.04. The Morgan fingerprint density at radius 2 is 1.69 bits per heavy atom. The second kappa shape index (κ2) is 8.94. The molecule has 5 rings (SSSR count). The zero-order valence-electron chi connectivity index (χ0n) is 18.7. The lowest BCUT2D eigenvalue weighted by Gasteiger charge is -2.25. The van der Waals surface area contributed by atoms with Crippen LogP contribution < -0.4 is 19.7 Å². The van der Waals surface area contributed by atoms with Gasteiger partial charge in [-0.3, -0.25) is 24.3 Å². The molecule has 3 aromatic rings. The molecule has 0 spiro atoms. The molecule has 2 aliphatic heterocycles. The lowest BCUT2D eigenvalue weighted by molar-refractivity contribution is -0.132. The van der Waals surface area contributed by atoms with Crippen LogP contribution in [0.4, 0.5) is 11.4 Å². The Balaban J connectivity index is 1.62. The van der Waals surface area contributed by atoms with Gasteiger partial charge in [-0.1, -0.05) is 0 Å². The van der Waals surface area contributed by atoms with Crippen LogP contribution in [0.3, 0.4) is 0 Å². The lowest BCUT2D eigenvalue weighted by atomic mass is 9.95. The minimum absolute atomic E-state index is 0.0520. The van der Waals surface area contributed by atoms with E-state index in [4.69, 9.17) is 9.47 Å². The van der Waals surface area contributed by atoms with Crippen molar-refractivity contribution in [3.8, 4) is 11.5 Å². The van der Waals surface area contributed by atoms with E-state index in [0.29, 0.717) is 47.2 Å². The van der Waals surface area contributed by atoms with Crippen molar-refractivity contribution in [1.29, 1.82) is 0 Å². The minimum Gasteiger partial charge on any atom is -0.507 e. The van der Waals surface area contributed by atoms with Crippen LogP contribution in [0, 0.1) is 0 Å². The van der Waals surface area contributed by atoms with Gasteiger partial charge in [0.2, 0.25) is 5.91 Å². The molecule has 176 valence electrons. The fraction of sp³-hybridized carbons (Fsp3) is 0.154. The summed E-state index contributed by atoms with van der Waals surface area (Å²) in [6.07, 6.45) is 3.11. The number of amides is 2. The van der Waals surface area contributed by atoms with Crippen LogP contribution in [0.15, 0.2) is 72.6 Å². The predicted molar refractivity (Wildman–Crippen MR) is 127 cm³/mol. The summed E-state index contributed by atoms with van der Waals surface area (Å²) in [6, 6.07) is 13.9. The highest BCUT2D eigenvalue weighted by Gasteiger charge is 2.47. The molecule has 0 saturated carbocycles. The van der Waals surface area contributed by atoms with E-state index in [9.17, 15) is 19.5 Å². The highest BCUT2D eigenvalue weighted by Crippen LogP contribution is 2.43. The topological polar surface area (TPSA) is 118 Å². The maximum Gasteiger partial charge on any atom is 0.300 e. The highest BCUT2D eigenvalue weighted by atomic mass is 16.6. The van der Waals surface area contributed by atoms with Gasteiger partial charge in [0.05, 0.1) is 11.6 Å². The molecule has 1 fully saturated rings. The number of hydrogen-bond acceptors (Lipinski definition) is 7. The summed E-state index contributed by atoms with van der Waals surface area (Å²) < 4.78 is 11.1. The van der Waals surface area contributed by atoms with Gasteiger partial charge in [0.1, 0.15) is 19.0 Å². The number of hydrogen-bond donors (Lipinski definition) is 2. The highest BCUT2D eigenvalue weighted by molar-refractivity contribution is 6.51. The van der Waals surface area contributed by atoms with E-state index in [0.717, 1.165) is 0 Å². The van der Waals surface area contributed by atoms with Gasteiger partial charge in [-0.15, -0.1) is 0 Å². The zero-order valence-corrected chi connectivity index (χ0v) is 18.7. The smallest absolute Gasteiger partial charge is 0.300 e. The van der Waals surface area contributed by atoms with Crippen molar-refractivity contribution in [1.82, 2.24) is 4.98 Å². The van der Waals surface area contributed by atoms with Gasteiger partial charge in [0.15, 0.2) is 11.5 Å². The molecule has 35 heavy (non-hydrogen) atoms. The zero-order chi connectivity index (χ0) is 24.5. The fourth-order valence-electron chi connectivity index (χ4n) is 4.21. The Kier molecular flexibility index (Phi) is 5.66. The Morgan fingerprint density at radius 3 is 2.37 bits per heavy atom. The van der Waals surface area contributed by atoms with E-state index in [1.807, 2.05) is 0 Å². The van der Waals surface area contributed by atoms with Gasteiger partial charge in [0.25, 0.3) is 11.7 Å². The molecule has 0 radical (unpaired) electrons. The number of ketones is 1. The molecule has 1 aromatic heterocycles. The summed E-state index contributed by atoms with van der Waals surface area (Å²) in [5, 5.41) is 13.9. The quantitative estimate of drug-likeness (QED) is 0.340. The van der Waals surface area contributed by atoms with Crippen LogP contribution in [-0.4, -0.2) is 40.9 Å². The van der Waals surface area contributed by atoms with Gasteiger partial charge < -0.3 is 19.9 Å². The van der Waals surface area contributed by atoms with Crippen molar-refractivity contribution in [2.24, 2.45) is 0 Å². The molecule has 0 bridgehead atoms. The fourth-order valence-corrected chi connectivity index (χ4v) is 4.21. The van der Waals surface area contributed by atoms with Gasteiger partial charge in [-0.2, -0.15) is 0 Å². The number of aromatic nitrogens is 1. The third-order valence-corrected chi connectivity index (χ3v) is 5.75. The second-order valence-electron chi connectivity index (χ2n) is 8.04. The summed E-state index contributed by atoms with van der Waals surface area (Å²) in [7, 11) is 0. The summed E-state index contributed by atoms with van der Waals surface area (Å²) in [5.41, 5.74) is 1.86. The largest absolute Gasteiger partial charge is 0.507 e. The molecule has 2 amide bonds. The summed E-state index contributed by atoms with van der Waals surface area (Å²) in [5.74, 6) is -1.15. The number of nitrogens with zero attached hydrogens (tertiary/aromatic N) is 2. The van der Waals surface area contributed by atoms with Gasteiger partial charge in [-0.05, 0) is 60.2 Å². The van der Waals surface area contributed by atoms with Crippen molar-refractivity contribution >= 4 is 34.7 Å². The van der Waals surface area contributed by atoms with Crippen LogP contribution in [0.25, 0.3) is 5.76 Å².